The average Bonchev–Trinajstić information content (AvgIpc) is 3.00. The van der Waals surface area contributed by atoms with Gasteiger partial charge in [0.25, 0.3) is 0 Å². The van der Waals surface area contributed by atoms with Crippen LogP contribution in [-0.4, -0.2) is 51.3 Å². The summed E-state index contributed by atoms with van der Waals surface area (Å²) >= 11 is 0. The molecule has 0 N–H and O–H groups in total. The number of nitrogens with zero attached hydrogens (tertiary/aromatic N) is 4. The van der Waals surface area contributed by atoms with Crippen LogP contribution in [0.3, 0.4) is 0 Å². The lowest BCUT2D eigenvalue weighted by molar-refractivity contribution is -0.138. The number of anilines is 2. The van der Waals surface area contributed by atoms with Crippen LogP contribution >= 0.6 is 0 Å². The first kappa shape index (κ1) is 32.7. The highest BCUT2D eigenvalue weighted by Gasteiger charge is 2.13. The molecular weight excluding hydrogens is 516 g/mol. The maximum absolute atomic E-state index is 12.3. The van der Waals surface area contributed by atoms with Gasteiger partial charge in [-0.05, 0) is 94.5 Å². The fourth-order valence-corrected chi connectivity index (χ4v) is 4.21. The van der Waals surface area contributed by atoms with E-state index in [2.05, 4.69) is 37.5 Å². The SMILES string of the molecule is CCN(CC)c1ccc(C=C(C#N)C(=O)OCCCCCOC(=O)C(C#N)=Cc2ccc(N(CC)CC)cc2)cc1. The van der Waals surface area contributed by atoms with Crippen molar-refractivity contribution in [3.8, 4) is 12.1 Å². The number of unbranched alkanes of at least 4 members (excludes halogenated alkanes) is 2. The Labute approximate surface area is 244 Å². The lowest BCUT2D eigenvalue weighted by Crippen LogP contribution is -2.21. The fraction of sp³-hybridized carbons (Fsp3) is 0.394. The topological polar surface area (TPSA) is 107 Å². The lowest BCUT2D eigenvalue weighted by Gasteiger charge is -2.20. The summed E-state index contributed by atoms with van der Waals surface area (Å²) in [5.74, 6) is -1.33. The predicted octanol–water partition coefficient (Wildman–Crippen LogP) is 6.15. The normalized spacial score (nSPS) is 11.3. The molecule has 8 heteroatoms. The van der Waals surface area contributed by atoms with Gasteiger partial charge in [0.15, 0.2) is 0 Å². The molecule has 0 saturated carbocycles. The van der Waals surface area contributed by atoms with Crippen molar-refractivity contribution in [1.29, 1.82) is 10.5 Å². The molecule has 0 aliphatic heterocycles. The van der Waals surface area contributed by atoms with Crippen molar-refractivity contribution in [1.82, 2.24) is 0 Å². The molecule has 0 aromatic heterocycles. The van der Waals surface area contributed by atoms with Crippen molar-refractivity contribution in [2.75, 3.05) is 49.2 Å². The minimum atomic E-state index is -0.666. The molecule has 0 atom stereocenters. The van der Waals surface area contributed by atoms with Crippen molar-refractivity contribution < 1.29 is 19.1 Å². The van der Waals surface area contributed by atoms with E-state index in [1.165, 1.54) is 12.2 Å². The van der Waals surface area contributed by atoms with E-state index in [0.717, 1.165) is 48.7 Å². The summed E-state index contributed by atoms with van der Waals surface area (Å²) in [6.07, 6.45) is 4.80. The van der Waals surface area contributed by atoms with E-state index in [9.17, 15) is 20.1 Å². The van der Waals surface area contributed by atoms with E-state index in [0.29, 0.717) is 19.3 Å². The van der Waals surface area contributed by atoms with Crippen LogP contribution in [0.5, 0.6) is 0 Å². The predicted molar refractivity (Wildman–Crippen MR) is 163 cm³/mol. The molecule has 0 radical (unpaired) electrons. The molecule has 0 saturated heterocycles. The Kier molecular flexibility index (Phi) is 14.3. The quantitative estimate of drug-likeness (QED) is 0.105. The Morgan fingerprint density at radius 2 is 0.976 bits per heavy atom. The summed E-state index contributed by atoms with van der Waals surface area (Å²) in [5, 5.41) is 18.8. The van der Waals surface area contributed by atoms with Crippen molar-refractivity contribution >= 4 is 35.5 Å². The fourth-order valence-electron chi connectivity index (χ4n) is 4.21. The van der Waals surface area contributed by atoms with Crippen LogP contribution in [0, 0.1) is 22.7 Å². The zero-order chi connectivity index (χ0) is 30.0. The number of benzene rings is 2. The molecule has 0 amide bonds. The number of rotatable bonds is 16. The maximum atomic E-state index is 12.3. The largest absolute Gasteiger partial charge is 0.462 e. The number of hydrogen-bond donors (Lipinski definition) is 0. The second-order valence-corrected chi connectivity index (χ2v) is 9.20. The van der Waals surface area contributed by atoms with Gasteiger partial charge in [0.05, 0.1) is 13.2 Å². The van der Waals surface area contributed by atoms with Gasteiger partial charge >= 0.3 is 11.9 Å². The van der Waals surface area contributed by atoms with Gasteiger partial charge < -0.3 is 19.3 Å². The van der Waals surface area contributed by atoms with Gasteiger partial charge in [0.2, 0.25) is 0 Å². The molecular formula is C33H40N4O4. The molecule has 216 valence electrons. The molecule has 2 aromatic carbocycles. The maximum Gasteiger partial charge on any atom is 0.348 e. The lowest BCUT2D eigenvalue weighted by atomic mass is 10.1. The molecule has 0 spiro atoms. The van der Waals surface area contributed by atoms with Gasteiger partial charge in [0, 0.05) is 37.6 Å². The molecule has 0 bridgehead atoms. The second kappa shape index (κ2) is 17.9. The van der Waals surface area contributed by atoms with Crippen LogP contribution in [0.4, 0.5) is 11.4 Å². The van der Waals surface area contributed by atoms with Crippen molar-refractivity contribution in [2.45, 2.75) is 47.0 Å². The van der Waals surface area contributed by atoms with Gasteiger partial charge in [-0.1, -0.05) is 24.3 Å². The highest BCUT2D eigenvalue weighted by molar-refractivity contribution is 5.98. The van der Waals surface area contributed by atoms with Crippen LogP contribution in [0.15, 0.2) is 59.7 Å². The molecule has 0 unspecified atom stereocenters. The Balaban J connectivity index is 1.75. The number of ether oxygens (including phenoxy) is 2. The van der Waals surface area contributed by atoms with Gasteiger partial charge in [-0.2, -0.15) is 10.5 Å². The molecule has 0 heterocycles. The average molecular weight is 557 g/mol. The van der Waals surface area contributed by atoms with Gasteiger partial charge in [-0.15, -0.1) is 0 Å². The Hall–Kier alpha value is -4.56. The second-order valence-electron chi connectivity index (χ2n) is 9.20. The first-order valence-electron chi connectivity index (χ1n) is 14.2. The minimum absolute atomic E-state index is 0.0620. The number of nitriles is 2. The first-order valence-corrected chi connectivity index (χ1v) is 14.2. The summed E-state index contributed by atoms with van der Waals surface area (Å²) in [7, 11) is 0. The van der Waals surface area contributed by atoms with E-state index in [4.69, 9.17) is 9.47 Å². The summed E-state index contributed by atoms with van der Waals surface area (Å²) in [5.41, 5.74) is 3.54. The smallest absolute Gasteiger partial charge is 0.348 e. The summed E-state index contributed by atoms with van der Waals surface area (Å²) in [6, 6.07) is 19.2. The summed E-state index contributed by atoms with van der Waals surface area (Å²) in [4.78, 5) is 29.1. The molecule has 0 fully saturated rings. The number of carbonyl (C=O) groups is 2. The molecule has 0 aliphatic rings. The standard InChI is InChI=1S/C33H40N4O4/c1-5-36(6-2)30-16-12-26(13-17-30)22-28(24-34)32(38)40-20-10-9-11-21-41-33(39)29(25-35)23-27-14-18-31(19-15-27)37(7-3)8-4/h12-19,22-23H,5-11,20-21H2,1-4H3. The van der Waals surface area contributed by atoms with Crippen LogP contribution in [0.1, 0.15) is 58.1 Å². The molecule has 2 aromatic rings. The highest BCUT2D eigenvalue weighted by atomic mass is 16.5. The first-order chi connectivity index (χ1) is 19.9. The zero-order valence-corrected chi connectivity index (χ0v) is 24.6. The van der Waals surface area contributed by atoms with E-state index in [-0.39, 0.29) is 24.4 Å². The van der Waals surface area contributed by atoms with E-state index < -0.39 is 11.9 Å². The Morgan fingerprint density at radius 3 is 1.27 bits per heavy atom. The molecule has 0 aliphatic carbocycles. The molecule has 8 nitrogen and oxygen atoms in total. The van der Waals surface area contributed by atoms with E-state index in [1.807, 2.05) is 60.7 Å². The monoisotopic (exact) mass is 556 g/mol. The van der Waals surface area contributed by atoms with E-state index >= 15 is 0 Å². The number of esters is 2. The van der Waals surface area contributed by atoms with Crippen molar-refractivity contribution in [3.05, 3.63) is 70.8 Å². The van der Waals surface area contributed by atoms with Gasteiger partial charge in [-0.3, -0.25) is 0 Å². The summed E-state index contributed by atoms with van der Waals surface area (Å²) < 4.78 is 10.5. The van der Waals surface area contributed by atoms with Crippen LogP contribution in [0.2, 0.25) is 0 Å². The molecule has 2 rings (SSSR count). The third-order valence-corrected chi connectivity index (χ3v) is 6.60. The minimum Gasteiger partial charge on any atom is -0.462 e. The molecule has 41 heavy (non-hydrogen) atoms. The Bertz CT molecular complexity index is 1160. The zero-order valence-electron chi connectivity index (χ0n) is 24.6. The van der Waals surface area contributed by atoms with Crippen LogP contribution < -0.4 is 9.80 Å². The third kappa shape index (κ3) is 10.5. The highest BCUT2D eigenvalue weighted by Crippen LogP contribution is 2.18. The van der Waals surface area contributed by atoms with Crippen molar-refractivity contribution in [3.63, 3.8) is 0 Å². The van der Waals surface area contributed by atoms with Gasteiger partial charge in [-0.25, -0.2) is 9.59 Å². The number of carbonyl (C=O) groups excluding carboxylic acids is 2. The number of hydrogen-bond acceptors (Lipinski definition) is 8. The van der Waals surface area contributed by atoms with Crippen molar-refractivity contribution in [2.24, 2.45) is 0 Å². The van der Waals surface area contributed by atoms with Gasteiger partial charge in [0.1, 0.15) is 23.3 Å². The summed E-state index contributed by atoms with van der Waals surface area (Å²) in [6.45, 7) is 12.2. The third-order valence-electron chi connectivity index (χ3n) is 6.60. The van der Waals surface area contributed by atoms with Crippen LogP contribution in [-0.2, 0) is 19.1 Å². The van der Waals surface area contributed by atoms with E-state index in [1.54, 1.807) is 0 Å². The Morgan fingerprint density at radius 1 is 0.634 bits per heavy atom. The van der Waals surface area contributed by atoms with Crippen LogP contribution in [0.25, 0.3) is 12.2 Å².